The molecular weight excluding hydrogens is 471 g/mol. The molecule has 0 unspecified atom stereocenters. The molecule has 1 fully saturated rings. The van der Waals surface area contributed by atoms with Gasteiger partial charge in [0.2, 0.25) is 5.91 Å². The molecule has 2 aromatic carbocycles. The fourth-order valence-corrected chi connectivity index (χ4v) is 4.57. The van der Waals surface area contributed by atoms with Crippen LogP contribution in [0.2, 0.25) is 15.1 Å². The predicted molar refractivity (Wildman–Crippen MR) is 126 cm³/mol. The zero-order valence-electron chi connectivity index (χ0n) is 15.0. The van der Waals surface area contributed by atoms with E-state index in [9.17, 15) is 9.59 Å². The molecule has 0 bridgehead atoms. The molecule has 1 heterocycles. The number of nitrogens with zero attached hydrogens (tertiary/aromatic N) is 1. The number of carbonyl (C=O) groups is 2. The van der Waals surface area contributed by atoms with E-state index in [1.54, 1.807) is 30.3 Å². The normalized spacial score (nSPS) is 15.3. The number of halogens is 3. The maximum Gasteiger partial charge on any atom is 0.266 e. The number of hydrogen-bond acceptors (Lipinski definition) is 4. The molecule has 150 valence electrons. The quantitative estimate of drug-likeness (QED) is 0.387. The second kappa shape index (κ2) is 9.96. The van der Waals surface area contributed by atoms with E-state index in [-0.39, 0.29) is 18.2 Å². The molecule has 0 saturated carbocycles. The van der Waals surface area contributed by atoms with Gasteiger partial charge in [0.1, 0.15) is 4.32 Å². The van der Waals surface area contributed by atoms with E-state index in [0.717, 1.165) is 5.56 Å². The third-order valence-electron chi connectivity index (χ3n) is 4.06. The number of carbonyl (C=O) groups excluding carboxylic acids is 2. The lowest BCUT2D eigenvalue weighted by Gasteiger charge is -2.14. The summed E-state index contributed by atoms with van der Waals surface area (Å²) in [4.78, 5) is 26.8. The average molecular weight is 486 g/mol. The van der Waals surface area contributed by atoms with E-state index >= 15 is 0 Å². The van der Waals surface area contributed by atoms with Gasteiger partial charge in [-0.15, -0.1) is 0 Å². The van der Waals surface area contributed by atoms with Gasteiger partial charge in [-0.25, -0.2) is 0 Å². The van der Waals surface area contributed by atoms with Gasteiger partial charge in [0, 0.05) is 23.0 Å². The highest BCUT2D eigenvalue weighted by Crippen LogP contribution is 2.34. The highest BCUT2D eigenvalue weighted by Gasteiger charge is 2.31. The smallest absolute Gasteiger partial charge is 0.266 e. The Morgan fingerprint density at radius 3 is 2.62 bits per heavy atom. The Hall–Kier alpha value is -1.57. The molecule has 2 aromatic rings. The number of thioether (sulfide) groups is 1. The minimum Gasteiger partial charge on any atom is -0.325 e. The largest absolute Gasteiger partial charge is 0.325 e. The molecule has 9 heteroatoms. The van der Waals surface area contributed by atoms with Crippen molar-refractivity contribution in [1.82, 2.24) is 4.90 Å². The molecule has 29 heavy (non-hydrogen) atoms. The van der Waals surface area contributed by atoms with Gasteiger partial charge in [-0.3, -0.25) is 14.5 Å². The van der Waals surface area contributed by atoms with E-state index in [2.05, 4.69) is 5.32 Å². The third kappa shape index (κ3) is 5.74. The van der Waals surface area contributed by atoms with Gasteiger partial charge >= 0.3 is 0 Å². The van der Waals surface area contributed by atoms with E-state index in [1.165, 1.54) is 16.7 Å². The van der Waals surface area contributed by atoms with Gasteiger partial charge in [0.05, 0.1) is 15.6 Å². The number of benzene rings is 2. The fourth-order valence-electron chi connectivity index (χ4n) is 2.63. The molecule has 3 rings (SSSR count). The van der Waals surface area contributed by atoms with Crippen LogP contribution in [0.5, 0.6) is 0 Å². The van der Waals surface area contributed by atoms with E-state index in [4.69, 9.17) is 47.0 Å². The summed E-state index contributed by atoms with van der Waals surface area (Å²) in [6.07, 6.45) is 2.42. The van der Waals surface area contributed by atoms with Crippen LogP contribution in [0.4, 0.5) is 5.69 Å². The monoisotopic (exact) mass is 484 g/mol. The summed E-state index contributed by atoms with van der Waals surface area (Å²) in [5, 5.41) is 4.16. The van der Waals surface area contributed by atoms with Crippen LogP contribution >= 0.6 is 58.8 Å². The Morgan fingerprint density at radius 1 is 1.14 bits per heavy atom. The first-order valence-corrected chi connectivity index (χ1v) is 11.0. The number of thiocarbonyl (C=S) groups is 1. The van der Waals surface area contributed by atoms with Crippen LogP contribution in [-0.4, -0.2) is 27.6 Å². The Kier molecular flexibility index (Phi) is 7.60. The highest BCUT2D eigenvalue weighted by molar-refractivity contribution is 8.26. The van der Waals surface area contributed by atoms with E-state index < -0.39 is 0 Å². The van der Waals surface area contributed by atoms with Gasteiger partial charge in [-0.05, 0) is 42.3 Å². The summed E-state index contributed by atoms with van der Waals surface area (Å²) in [6.45, 7) is 0.353. The molecular formula is C20H15Cl3N2O2S2. The predicted octanol–water partition coefficient (Wildman–Crippen LogP) is 6.27. The van der Waals surface area contributed by atoms with Crippen molar-refractivity contribution in [2.75, 3.05) is 11.9 Å². The standard InChI is InChI=1S/C20H15Cl3N2O2S2/c21-13-7-8-16(15(23)11-13)24-18(26)6-3-9-25-19(27)17(29-20(25)28)10-12-4-1-2-5-14(12)22/h1-2,4-5,7-8,10-11H,3,6,9H2,(H,24,26)/b17-10-. The van der Waals surface area contributed by atoms with Crippen LogP contribution < -0.4 is 5.32 Å². The lowest BCUT2D eigenvalue weighted by atomic mass is 10.2. The van der Waals surface area contributed by atoms with Crippen LogP contribution in [0.3, 0.4) is 0 Å². The maximum absolute atomic E-state index is 12.7. The molecule has 1 aliphatic heterocycles. The van der Waals surface area contributed by atoms with Gasteiger partial charge in [0.25, 0.3) is 5.91 Å². The molecule has 0 spiro atoms. The van der Waals surface area contributed by atoms with Crippen molar-refractivity contribution >= 4 is 86.7 Å². The van der Waals surface area contributed by atoms with Crippen molar-refractivity contribution in [2.45, 2.75) is 12.8 Å². The summed E-state index contributed by atoms with van der Waals surface area (Å²) in [7, 11) is 0. The molecule has 0 aromatic heterocycles. The Balaban J connectivity index is 1.55. The molecule has 1 saturated heterocycles. The lowest BCUT2D eigenvalue weighted by molar-refractivity contribution is -0.122. The molecule has 1 aliphatic rings. The van der Waals surface area contributed by atoms with Crippen molar-refractivity contribution in [3.8, 4) is 0 Å². The summed E-state index contributed by atoms with van der Waals surface area (Å²) in [5.74, 6) is -0.382. The summed E-state index contributed by atoms with van der Waals surface area (Å²) in [5.41, 5.74) is 1.25. The Bertz CT molecular complexity index is 1010. The second-order valence-electron chi connectivity index (χ2n) is 6.13. The van der Waals surface area contributed by atoms with Crippen molar-refractivity contribution in [1.29, 1.82) is 0 Å². The zero-order valence-corrected chi connectivity index (χ0v) is 18.9. The van der Waals surface area contributed by atoms with Crippen LogP contribution in [0, 0.1) is 0 Å². The lowest BCUT2D eigenvalue weighted by Crippen LogP contribution is -2.29. The van der Waals surface area contributed by atoms with E-state index in [0.29, 0.717) is 42.9 Å². The van der Waals surface area contributed by atoms with Crippen LogP contribution in [0.15, 0.2) is 47.4 Å². The molecule has 2 amide bonds. The third-order valence-corrected chi connectivity index (χ3v) is 6.33. The van der Waals surface area contributed by atoms with Gasteiger partial charge in [-0.2, -0.15) is 0 Å². The first kappa shape index (κ1) is 22.1. The zero-order chi connectivity index (χ0) is 21.0. The number of amides is 2. The van der Waals surface area contributed by atoms with Gasteiger partial charge in [0.15, 0.2) is 0 Å². The van der Waals surface area contributed by atoms with Crippen LogP contribution in [0.1, 0.15) is 18.4 Å². The number of anilines is 1. The summed E-state index contributed by atoms with van der Waals surface area (Å²) in [6, 6.07) is 12.1. The molecule has 0 aliphatic carbocycles. The number of hydrogen-bond donors (Lipinski definition) is 1. The Labute approximate surface area is 193 Å². The summed E-state index contributed by atoms with van der Waals surface area (Å²) < 4.78 is 0.467. The Morgan fingerprint density at radius 2 is 1.90 bits per heavy atom. The van der Waals surface area contributed by atoms with Crippen molar-refractivity contribution in [2.24, 2.45) is 0 Å². The topological polar surface area (TPSA) is 49.4 Å². The first-order chi connectivity index (χ1) is 13.8. The van der Waals surface area contributed by atoms with E-state index in [1.807, 2.05) is 18.2 Å². The van der Waals surface area contributed by atoms with Crippen molar-refractivity contribution in [3.63, 3.8) is 0 Å². The molecule has 0 radical (unpaired) electrons. The highest BCUT2D eigenvalue weighted by atomic mass is 35.5. The minimum absolute atomic E-state index is 0.180. The van der Waals surface area contributed by atoms with Gasteiger partial charge in [-0.1, -0.05) is 77.0 Å². The number of rotatable bonds is 6. The molecule has 4 nitrogen and oxygen atoms in total. The number of nitrogens with one attached hydrogen (secondary N) is 1. The molecule has 1 N–H and O–H groups in total. The second-order valence-corrected chi connectivity index (χ2v) is 9.06. The molecule has 0 atom stereocenters. The fraction of sp³-hybridized carbons (Fsp3) is 0.150. The van der Waals surface area contributed by atoms with Crippen molar-refractivity contribution < 1.29 is 9.59 Å². The SMILES string of the molecule is O=C(CCCN1C(=O)/C(=C/c2ccccc2Cl)SC1=S)Nc1ccc(Cl)cc1Cl. The average Bonchev–Trinajstić information content (AvgIpc) is 2.93. The van der Waals surface area contributed by atoms with Gasteiger partial charge < -0.3 is 5.32 Å². The van der Waals surface area contributed by atoms with Crippen LogP contribution in [-0.2, 0) is 9.59 Å². The van der Waals surface area contributed by atoms with Crippen molar-refractivity contribution in [3.05, 3.63) is 68.0 Å². The first-order valence-electron chi connectivity index (χ1n) is 8.60. The maximum atomic E-state index is 12.7. The summed E-state index contributed by atoms with van der Waals surface area (Å²) >= 11 is 24.6. The van der Waals surface area contributed by atoms with Crippen LogP contribution in [0.25, 0.3) is 6.08 Å². The minimum atomic E-state index is -0.203.